The van der Waals surface area contributed by atoms with Crippen LogP contribution in [0.3, 0.4) is 0 Å². The molecular weight excluding hydrogens is 292 g/mol. The lowest BCUT2D eigenvalue weighted by Gasteiger charge is -2.30. The molecule has 0 spiro atoms. The first kappa shape index (κ1) is 15.6. The molecule has 0 saturated carbocycles. The monoisotopic (exact) mass is 310 g/mol. The number of carbonyl (C=O) groups excluding carboxylic acids is 2. The van der Waals surface area contributed by atoms with Crippen LogP contribution in [0.4, 0.5) is 4.79 Å². The predicted molar refractivity (Wildman–Crippen MR) is 80.5 cm³/mol. The van der Waals surface area contributed by atoms with Crippen LogP contribution in [0, 0.1) is 5.92 Å². The summed E-state index contributed by atoms with van der Waals surface area (Å²) in [5, 5.41) is 3.36. The molecule has 2 amide bonds. The third kappa shape index (κ3) is 4.11. The highest BCUT2D eigenvalue weighted by Gasteiger charge is 2.23. The Hall–Kier alpha value is -1.75. The molecule has 1 aliphatic heterocycles. The number of benzene rings is 1. The Balaban J connectivity index is 1.79. The number of rotatable bonds is 3. The summed E-state index contributed by atoms with van der Waals surface area (Å²) < 4.78 is 4.70. The van der Waals surface area contributed by atoms with Crippen LogP contribution in [0.1, 0.15) is 23.2 Å². The average Bonchev–Trinajstić information content (AvgIpc) is 2.52. The van der Waals surface area contributed by atoms with Crippen molar-refractivity contribution >= 4 is 23.6 Å². The van der Waals surface area contributed by atoms with E-state index in [-0.39, 0.29) is 12.0 Å². The highest BCUT2D eigenvalue weighted by atomic mass is 35.5. The van der Waals surface area contributed by atoms with Gasteiger partial charge in [-0.25, -0.2) is 4.79 Å². The standard InChI is InChI=1S/C15H19ClN2O3/c1-21-15(20)18-8-6-11(7-9-18)10-17-14(19)12-4-2-3-5-13(12)16/h2-5,11H,6-10H2,1H3,(H,17,19). The Morgan fingerprint density at radius 1 is 1.33 bits per heavy atom. The van der Waals surface area contributed by atoms with Gasteiger partial charge in [-0.1, -0.05) is 23.7 Å². The zero-order valence-corrected chi connectivity index (χ0v) is 12.7. The molecule has 1 aromatic carbocycles. The van der Waals surface area contributed by atoms with E-state index in [1.807, 2.05) is 0 Å². The van der Waals surface area contributed by atoms with Gasteiger partial charge in [-0.3, -0.25) is 4.79 Å². The first-order valence-corrected chi connectivity index (χ1v) is 7.35. The third-order valence-electron chi connectivity index (χ3n) is 3.72. The Morgan fingerprint density at radius 2 is 2.00 bits per heavy atom. The molecule has 0 bridgehead atoms. The van der Waals surface area contributed by atoms with Crippen LogP contribution in [0.25, 0.3) is 0 Å². The molecule has 0 radical (unpaired) electrons. The number of nitrogens with one attached hydrogen (secondary N) is 1. The van der Waals surface area contributed by atoms with Crippen LogP contribution in [0.15, 0.2) is 24.3 Å². The van der Waals surface area contributed by atoms with Crippen molar-refractivity contribution < 1.29 is 14.3 Å². The predicted octanol–water partition coefficient (Wildman–Crippen LogP) is 2.55. The van der Waals surface area contributed by atoms with Crippen LogP contribution >= 0.6 is 11.6 Å². The molecule has 0 aliphatic carbocycles. The number of hydrogen-bond acceptors (Lipinski definition) is 3. The molecule has 1 fully saturated rings. The molecule has 0 unspecified atom stereocenters. The number of methoxy groups -OCH3 is 1. The van der Waals surface area contributed by atoms with E-state index in [9.17, 15) is 9.59 Å². The molecule has 114 valence electrons. The van der Waals surface area contributed by atoms with Crippen LogP contribution in [0.5, 0.6) is 0 Å². The molecule has 1 aliphatic rings. The van der Waals surface area contributed by atoms with Gasteiger partial charge in [-0.05, 0) is 30.9 Å². The Labute approximate surface area is 129 Å². The zero-order chi connectivity index (χ0) is 15.2. The normalized spacial score (nSPS) is 15.6. The maximum absolute atomic E-state index is 12.0. The third-order valence-corrected chi connectivity index (χ3v) is 4.05. The minimum absolute atomic E-state index is 0.156. The highest BCUT2D eigenvalue weighted by molar-refractivity contribution is 6.33. The summed E-state index contributed by atoms with van der Waals surface area (Å²) in [7, 11) is 1.39. The molecule has 21 heavy (non-hydrogen) atoms. The number of nitrogens with zero attached hydrogens (tertiary/aromatic N) is 1. The number of ether oxygens (including phenoxy) is 1. The quantitative estimate of drug-likeness (QED) is 0.933. The van der Waals surface area contributed by atoms with Gasteiger partial charge in [0.2, 0.25) is 0 Å². The van der Waals surface area contributed by atoms with E-state index in [2.05, 4.69) is 5.32 Å². The van der Waals surface area contributed by atoms with E-state index in [1.165, 1.54) is 7.11 Å². The van der Waals surface area contributed by atoms with Crippen molar-refractivity contribution in [1.82, 2.24) is 10.2 Å². The van der Waals surface area contributed by atoms with Gasteiger partial charge in [0, 0.05) is 19.6 Å². The number of hydrogen-bond donors (Lipinski definition) is 1. The van der Waals surface area contributed by atoms with Crippen molar-refractivity contribution in [3.63, 3.8) is 0 Å². The largest absolute Gasteiger partial charge is 0.453 e. The molecule has 1 heterocycles. The topological polar surface area (TPSA) is 58.6 Å². The fourth-order valence-corrected chi connectivity index (χ4v) is 2.65. The van der Waals surface area contributed by atoms with Gasteiger partial charge in [0.25, 0.3) is 5.91 Å². The first-order valence-electron chi connectivity index (χ1n) is 6.97. The van der Waals surface area contributed by atoms with Crippen LogP contribution in [-0.4, -0.2) is 43.6 Å². The molecule has 1 N–H and O–H groups in total. The second-order valence-corrected chi connectivity index (χ2v) is 5.50. The minimum atomic E-state index is -0.284. The molecule has 2 rings (SSSR count). The molecule has 0 aromatic heterocycles. The van der Waals surface area contributed by atoms with Gasteiger partial charge in [0.15, 0.2) is 0 Å². The lowest BCUT2D eigenvalue weighted by atomic mass is 9.97. The van der Waals surface area contributed by atoms with E-state index in [1.54, 1.807) is 29.2 Å². The SMILES string of the molecule is COC(=O)N1CCC(CNC(=O)c2ccccc2Cl)CC1. The summed E-state index contributed by atoms with van der Waals surface area (Å²) in [6.45, 7) is 1.93. The fraction of sp³-hybridized carbons (Fsp3) is 0.467. The fourth-order valence-electron chi connectivity index (χ4n) is 2.43. The van der Waals surface area contributed by atoms with Gasteiger partial charge < -0.3 is 15.0 Å². The van der Waals surface area contributed by atoms with Crippen LogP contribution < -0.4 is 5.32 Å². The summed E-state index contributed by atoms with van der Waals surface area (Å²) in [4.78, 5) is 25.1. The van der Waals surface area contributed by atoms with Gasteiger partial charge in [0.1, 0.15) is 0 Å². The summed E-state index contributed by atoms with van der Waals surface area (Å²) in [5.74, 6) is 0.216. The van der Waals surface area contributed by atoms with Crippen LogP contribution in [-0.2, 0) is 4.74 Å². The maximum Gasteiger partial charge on any atom is 0.409 e. The lowest BCUT2D eigenvalue weighted by Crippen LogP contribution is -2.41. The summed E-state index contributed by atoms with van der Waals surface area (Å²) in [6.07, 6.45) is 1.43. The van der Waals surface area contributed by atoms with E-state index in [0.29, 0.717) is 36.1 Å². The smallest absolute Gasteiger partial charge is 0.409 e. The number of carbonyl (C=O) groups is 2. The minimum Gasteiger partial charge on any atom is -0.453 e. The number of piperidine rings is 1. The van der Waals surface area contributed by atoms with Gasteiger partial charge in [-0.2, -0.15) is 0 Å². The van der Waals surface area contributed by atoms with Crippen molar-refractivity contribution in [1.29, 1.82) is 0 Å². The molecule has 6 heteroatoms. The lowest BCUT2D eigenvalue weighted by molar-refractivity contribution is 0.0914. The average molecular weight is 311 g/mol. The van der Waals surface area contributed by atoms with Crippen molar-refractivity contribution in [3.8, 4) is 0 Å². The number of amides is 2. The van der Waals surface area contributed by atoms with Gasteiger partial charge in [-0.15, -0.1) is 0 Å². The number of likely N-dealkylation sites (tertiary alicyclic amines) is 1. The molecule has 0 atom stereocenters. The van der Waals surface area contributed by atoms with E-state index < -0.39 is 0 Å². The zero-order valence-electron chi connectivity index (χ0n) is 12.0. The Kier molecular flexibility index (Phi) is 5.44. The van der Waals surface area contributed by atoms with Crippen molar-refractivity contribution in [2.45, 2.75) is 12.8 Å². The van der Waals surface area contributed by atoms with Gasteiger partial charge >= 0.3 is 6.09 Å². The summed E-state index contributed by atoms with van der Waals surface area (Å²) >= 11 is 5.99. The number of halogens is 1. The van der Waals surface area contributed by atoms with E-state index in [4.69, 9.17) is 16.3 Å². The van der Waals surface area contributed by atoms with E-state index >= 15 is 0 Å². The van der Waals surface area contributed by atoms with Crippen molar-refractivity contribution in [3.05, 3.63) is 34.9 Å². The summed E-state index contributed by atoms with van der Waals surface area (Å²) in [5.41, 5.74) is 0.492. The molecular formula is C15H19ClN2O3. The Morgan fingerprint density at radius 3 is 2.62 bits per heavy atom. The van der Waals surface area contributed by atoms with Crippen LogP contribution in [0.2, 0.25) is 5.02 Å². The Bertz CT molecular complexity index is 513. The molecule has 1 saturated heterocycles. The van der Waals surface area contributed by atoms with E-state index in [0.717, 1.165) is 12.8 Å². The summed E-state index contributed by atoms with van der Waals surface area (Å²) in [6, 6.07) is 6.99. The first-order chi connectivity index (χ1) is 10.1. The van der Waals surface area contributed by atoms with Crippen molar-refractivity contribution in [2.75, 3.05) is 26.7 Å². The van der Waals surface area contributed by atoms with Gasteiger partial charge in [0.05, 0.1) is 17.7 Å². The molecule has 1 aromatic rings. The second-order valence-electron chi connectivity index (χ2n) is 5.09. The molecule has 5 nitrogen and oxygen atoms in total. The second kappa shape index (κ2) is 7.31. The van der Waals surface area contributed by atoms with Crippen molar-refractivity contribution in [2.24, 2.45) is 5.92 Å². The highest BCUT2D eigenvalue weighted by Crippen LogP contribution is 2.18. The maximum atomic E-state index is 12.0.